The van der Waals surface area contributed by atoms with Crippen molar-refractivity contribution < 1.29 is 4.74 Å². The standard InChI is InChI=1S/C11H22ClNO/c1-2-3-6-13(7-5-12)9-11-4-8-14-10-11/h11H,2-10H2,1H3. The van der Waals surface area contributed by atoms with Crippen LogP contribution in [0, 0.1) is 5.92 Å². The van der Waals surface area contributed by atoms with Gasteiger partial charge in [0.2, 0.25) is 0 Å². The second-order valence-electron chi connectivity index (χ2n) is 4.07. The molecule has 0 amide bonds. The molecule has 0 saturated carbocycles. The predicted molar refractivity (Wildman–Crippen MR) is 61.0 cm³/mol. The van der Waals surface area contributed by atoms with Gasteiger partial charge < -0.3 is 9.64 Å². The Balaban J connectivity index is 2.18. The topological polar surface area (TPSA) is 12.5 Å². The Morgan fingerprint density at radius 3 is 2.86 bits per heavy atom. The van der Waals surface area contributed by atoms with Gasteiger partial charge in [-0.1, -0.05) is 13.3 Å². The zero-order valence-corrected chi connectivity index (χ0v) is 9.93. The normalized spacial score (nSPS) is 22.1. The number of nitrogens with zero attached hydrogens (tertiary/aromatic N) is 1. The van der Waals surface area contributed by atoms with E-state index in [2.05, 4.69) is 11.8 Å². The van der Waals surface area contributed by atoms with Gasteiger partial charge in [-0.3, -0.25) is 0 Å². The van der Waals surface area contributed by atoms with Crippen molar-refractivity contribution in [3.05, 3.63) is 0 Å². The van der Waals surface area contributed by atoms with Crippen molar-refractivity contribution in [3.8, 4) is 0 Å². The maximum Gasteiger partial charge on any atom is 0.0507 e. The molecule has 0 N–H and O–H groups in total. The molecule has 1 rings (SSSR count). The summed E-state index contributed by atoms with van der Waals surface area (Å²) in [4.78, 5) is 2.48. The fourth-order valence-electron chi connectivity index (χ4n) is 1.89. The van der Waals surface area contributed by atoms with E-state index < -0.39 is 0 Å². The van der Waals surface area contributed by atoms with Gasteiger partial charge in [0, 0.05) is 25.6 Å². The van der Waals surface area contributed by atoms with Gasteiger partial charge in [0.15, 0.2) is 0 Å². The minimum absolute atomic E-state index is 0.745. The van der Waals surface area contributed by atoms with Crippen LogP contribution in [0.4, 0.5) is 0 Å². The number of hydrogen-bond donors (Lipinski definition) is 0. The largest absolute Gasteiger partial charge is 0.381 e. The lowest BCUT2D eigenvalue weighted by Gasteiger charge is -2.23. The first kappa shape index (κ1) is 12.3. The summed E-state index contributed by atoms with van der Waals surface area (Å²) in [7, 11) is 0. The maximum atomic E-state index is 5.79. The summed E-state index contributed by atoms with van der Waals surface area (Å²) in [5.41, 5.74) is 0. The minimum Gasteiger partial charge on any atom is -0.381 e. The van der Waals surface area contributed by atoms with E-state index in [1.54, 1.807) is 0 Å². The van der Waals surface area contributed by atoms with Crippen molar-refractivity contribution in [1.29, 1.82) is 0 Å². The van der Waals surface area contributed by atoms with Gasteiger partial charge in [0.05, 0.1) is 6.61 Å². The molecule has 2 nitrogen and oxygen atoms in total. The number of unbranched alkanes of at least 4 members (excludes halogenated alkanes) is 1. The van der Waals surface area contributed by atoms with E-state index in [0.717, 1.165) is 31.6 Å². The molecular formula is C11H22ClNO. The van der Waals surface area contributed by atoms with E-state index in [1.165, 1.54) is 32.4 Å². The lowest BCUT2D eigenvalue weighted by molar-refractivity contribution is 0.168. The smallest absolute Gasteiger partial charge is 0.0507 e. The van der Waals surface area contributed by atoms with Gasteiger partial charge in [0.1, 0.15) is 0 Å². The van der Waals surface area contributed by atoms with Crippen LogP contribution >= 0.6 is 11.6 Å². The highest BCUT2D eigenvalue weighted by atomic mass is 35.5. The molecule has 0 bridgehead atoms. The van der Waals surface area contributed by atoms with Gasteiger partial charge in [-0.2, -0.15) is 0 Å². The molecule has 0 aromatic carbocycles. The Morgan fingerprint density at radius 2 is 2.29 bits per heavy atom. The number of alkyl halides is 1. The van der Waals surface area contributed by atoms with Crippen molar-refractivity contribution in [1.82, 2.24) is 4.90 Å². The Hall–Kier alpha value is 0.210. The van der Waals surface area contributed by atoms with Crippen molar-refractivity contribution in [2.24, 2.45) is 5.92 Å². The van der Waals surface area contributed by atoms with Crippen molar-refractivity contribution >= 4 is 11.6 Å². The fraction of sp³-hybridized carbons (Fsp3) is 1.00. The molecule has 1 unspecified atom stereocenters. The first-order chi connectivity index (χ1) is 6.86. The molecule has 0 radical (unpaired) electrons. The van der Waals surface area contributed by atoms with Crippen LogP contribution in [0.2, 0.25) is 0 Å². The summed E-state index contributed by atoms with van der Waals surface area (Å²) < 4.78 is 5.38. The molecule has 0 aliphatic carbocycles. The lowest BCUT2D eigenvalue weighted by Crippen LogP contribution is -2.32. The van der Waals surface area contributed by atoms with E-state index in [4.69, 9.17) is 16.3 Å². The van der Waals surface area contributed by atoms with Crippen LogP contribution in [0.5, 0.6) is 0 Å². The number of ether oxygens (including phenoxy) is 1. The van der Waals surface area contributed by atoms with Crippen molar-refractivity contribution in [2.45, 2.75) is 26.2 Å². The number of halogens is 1. The van der Waals surface area contributed by atoms with Crippen molar-refractivity contribution in [3.63, 3.8) is 0 Å². The average molecular weight is 220 g/mol. The summed E-state index contributed by atoms with van der Waals surface area (Å²) in [6.07, 6.45) is 3.77. The third-order valence-corrected chi connectivity index (χ3v) is 2.94. The van der Waals surface area contributed by atoms with E-state index in [0.29, 0.717) is 0 Å². The van der Waals surface area contributed by atoms with Crippen LogP contribution in [0.15, 0.2) is 0 Å². The average Bonchev–Trinajstić information content (AvgIpc) is 2.67. The molecule has 84 valence electrons. The lowest BCUT2D eigenvalue weighted by atomic mass is 10.1. The number of rotatable bonds is 7. The minimum atomic E-state index is 0.745. The highest BCUT2D eigenvalue weighted by molar-refractivity contribution is 6.18. The van der Waals surface area contributed by atoms with Crippen LogP contribution in [-0.2, 0) is 4.74 Å². The van der Waals surface area contributed by atoms with Crippen LogP contribution in [0.1, 0.15) is 26.2 Å². The molecule has 0 aromatic heterocycles. The van der Waals surface area contributed by atoms with Crippen LogP contribution in [0.25, 0.3) is 0 Å². The molecule has 0 spiro atoms. The van der Waals surface area contributed by atoms with E-state index in [-0.39, 0.29) is 0 Å². The third kappa shape index (κ3) is 4.63. The number of hydrogen-bond acceptors (Lipinski definition) is 2. The summed E-state index contributed by atoms with van der Waals surface area (Å²) in [6, 6.07) is 0. The molecule has 1 heterocycles. The highest BCUT2D eigenvalue weighted by Gasteiger charge is 2.18. The Kier molecular flexibility index (Phi) is 6.57. The zero-order valence-electron chi connectivity index (χ0n) is 9.17. The molecule has 1 saturated heterocycles. The first-order valence-electron chi connectivity index (χ1n) is 5.73. The Bertz CT molecular complexity index is 137. The maximum absolute atomic E-state index is 5.79. The van der Waals surface area contributed by atoms with Gasteiger partial charge >= 0.3 is 0 Å². The Morgan fingerprint density at radius 1 is 1.43 bits per heavy atom. The highest BCUT2D eigenvalue weighted by Crippen LogP contribution is 2.14. The monoisotopic (exact) mass is 219 g/mol. The van der Waals surface area contributed by atoms with E-state index in [1.807, 2.05) is 0 Å². The van der Waals surface area contributed by atoms with Gasteiger partial charge in [-0.05, 0) is 25.3 Å². The van der Waals surface area contributed by atoms with Gasteiger partial charge in [0.25, 0.3) is 0 Å². The second-order valence-corrected chi connectivity index (χ2v) is 4.45. The van der Waals surface area contributed by atoms with E-state index >= 15 is 0 Å². The molecule has 1 atom stereocenters. The van der Waals surface area contributed by atoms with Crippen LogP contribution in [0.3, 0.4) is 0 Å². The second kappa shape index (κ2) is 7.49. The molecule has 1 aliphatic heterocycles. The molecule has 1 aliphatic rings. The van der Waals surface area contributed by atoms with Gasteiger partial charge in [-0.25, -0.2) is 0 Å². The van der Waals surface area contributed by atoms with Crippen LogP contribution in [-0.4, -0.2) is 43.6 Å². The molecule has 0 aromatic rings. The summed E-state index contributed by atoms with van der Waals surface area (Å²) in [6.45, 7) is 7.53. The molecule has 14 heavy (non-hydrogen) atoms. The molecular weight excluding hydrogens is 198 g/mol. The summed E-state index contributed by atoms with van der Waals surface area (Å²) in [5, 5.41) is 0. The van der Waals surface area contributed by atoms with Crippen LogP contribution < -0.4 is 0 Å². The van der Waals surface area contributed by atoms with Crippen molar-refractivity contribution in [2.75, 3.05) is 38.7 Å². The summed E-state index contributed by atoms with van der Waals surface area (Å²) >= 11 is 5.79. The Labute approximate surface area is 92.6 Å². The SMILES string of the molecule is CCCCN(CCCl)CC1CCOC1. The summed E-state index contributed by atoms with van der Waals surface area (Å²) in [5.74, 6) is 1.49. The zero-order chi connectivity index (χ0) is 10.2. The molecule has 1 fully saturated rings. The first-order valence-corrected chi connectivity index (χ1v) is 6.26. The third-order valence-electron chi connectivity index (χ3n) is 2.77. The molecule has 3 heteroatoms. The van der Waals surface area contributed by atoms with E-state index in [9.17, 15) is 0 Å². The predicted octanol–water partition coefficient (Wildman–Crippen LogP) is 2.36. The quantitative estimate of drug-likeness (QED) is 0.610. The van der Waals surface area contributed by atoms with Gasteiger partial charge in [-0.15, -0.1) is 11.6 Å². The fourth-order valence-corrected chi connectivity index (χ4v) is 2.13.